The van der Waals surface area contributed by atoms with Gasteiger partial charge >= 0.3 is 11.9 Å². The van der Waals surface area contributed by atoms with Crippen LogP contribution in [0.2, 0.25) is 0 Å². The zero-order valence-electron chi connectivity index (χ0n) is 18.3. The number of carbonyl (C=O) groups is 2. The number of hydrogen-bond acceptors (Lipinski definition) is 7. The summed E-state index contributed by atoms with van der Waals surface area (Å²) in [6.45, 7) is 11.9. The van der Waals surface area contributed by atoms with Gasteiger partial charge in [-0.05, 0) is 31.2 Å². The van der Waals surface area contributed by atoms with E-state index in [4.69, 9.17) is 23.7 Å². The highest BCUT2D eigenvalue weighted by Crippen LogP contribution is 2.44. The number of rotatable bonds is 4. The van der Waals surface area contributed by atoms with E-state index >= 15 is 0 Å². The van der Waals surface area contributed by atoms with Gasteiger partial charge in [-0.25, -0.2) is 4.79 Å². The zero-order valence-corrected chi connectivity index (χ0v) is 18.3. The van der Waals surface area contributed by atoms with Crippen molar-refractivity contribution in [3.8, 4) is 0 Å². The molecule has 1 aromatic carbocycles. The summed E-state index contributed by atoms with van der Waals surface area (Å²) in [5.74, 6) is -1.06. The highest BCUT2D eigenvalue weighted by atomic mass is 16.8. The average Bonchev–Trinajstić information content (AvgIpc) is 3.32. The van der Waals surface area contributed by atoms with Crippen LogP contribution in [0.5, 0.6) is 0 Å². The lowest BCUT2D eigenvalue weighted by molar-refractivity contribution is -0.188. The fourth-order valence-corrected chi connectivity index (χ4v) is 3.74. The van der Waals surface area contributed by atoms with Gasteiger partial charge in [0.15, 0.2) is 24.8 Å². The first-order valence-corrected chi connectivity index (χ1v) is 10.5. The molecule has 30 heavy (non-hydrogen) atoms. The molecule has 0 saturated carbocycles. The molecule has 0 aromatic heterocycles. The standard InChI is InChI=1S/C23H30O7/c1-7-23(5,6)21(25)29-16-14-15(26-18(16)24)17-20(27-14)30-19(28-17)12-8-10-13(11-9-12)22(2,3)4/h8-11,14-17,19-20H,7H2,1-6H3/t14-,15-,16-,17+,19?,20+/m0/s1. The number of carbonyl (C=O) groups excluding carboxylic acids is 2. The summed E-state index contributed by atoms with van der Waals surface area (Å²) in [7, 11) is 0. The maximum Gasteiger partial charge on any atom is 0.350 e. The van der Waals surface area contributed by atoms with Crippen molar-refractivity contribution in [2.75, 3.05) is 0 Å². The van der Waals surface area contributed by atoms with Crippen molar-refractivity contribution >= 4 is 11.9 Å². The lowest BCUT2D eigenvalue weighted by atomic mass is 9.87. The van der Waals surface area contributed by atoms with E-state index in [1.165, 1.54) is 5.56 Å². The van der Waals surface area contributed by atoms with E-state index in [1.807, 2.05) is 19.1 Å². The molecule has 3 aliphatic rings. The van der Waals surface area contributed by atoms with Crippen LogP contribution in [-0.2, 0) is 38.7 Å². The predicted octanol–water partition coefficient (Wildman–Crippen LogP) is 3.40. The maximum atomic E-state index is 12.4. The molecule has 0 radical (unpaired) electrons. The van der Waals surface area contributed by atoms with Crippen LogP contribution in [0.1, 0.15) is 65.4 Å². The van der Waals surface area contributed by atoms with Crippen LogP contribution < -0.4 is 0 Å². The molecule has 3 fully saturated rings. The summed E-state index contributed by atoms with van der Waals surface area (Å²) in [6, 6.07) is 8.06. The molecule has 1 aromatic rings. The van der Waals surface area contributed by atoms with Gasteiger partial charge in [0, 0.05) is 5.56 Å². The molecule has 164 valence electrons. The predicted molar refractivity (Wildman–Crippen MR) is 106 cm³/mol. The first kappa shape index (κ1) is 21.3. The quantitative estimate of drug-likeness (QED) is 0.693. The molecule has 6 atom stereocenters. The van der Waals surface area contributed by atoms with E-state index in [9.17, 15) is 9.59 Å². The Morgan fingerprint density at radius 1 is 0.967 bits per heavy atom. The Kier molecular flexibility index (Phi) is 5.19. The molecule has 4 rings (SSSR count). The van der Waals surface area contributed by atoms with Gasteiger partial charge in [0.05, 0.1) is 5.41 Å². The van der Waals surface area contributed by atoms with E-state index in [2.05, 4.69) is 32.9 Å². The van der Waals surface area contributed by atoms with Gasteiger partial charge in [-0.2, -0.15) is 0 Å². The minimum Gasteiger partial charge on any atom is -0.454 e. The molecule has 0 N–H and O–H groups in total. The van der Waals surface area contributed by atoms with Crippen molar-refractivity contribution in [2.24, 2.45) is 5.41 Å². The molecule has 0 spiro atoms. The third kappa shape index (κ3) is 3.63. The van der Waals surface area contributed by atoms with E-state index in [0.717, 1.165) is 5.56 Å². The van der Waals surface area contributed by atoms with E-state index in [0.29, 0.717) is 6.42 Å². The molecule has 0 aliphatic carbocycles. The van der Waals surface area contributed by atoms with Gasteiger partial charge in [0.25, 0.3) is 0 Å². The number of hydrogen-bond donors (Lipinski definition) is 0. The van der Waals surface area contributed by atoms with Crippen LogP contribution >= 0.6 is 0 Å². The van der Waals surface area contributed by atoms with Crippen LogP contribution in [0.15, 0.2) is 24.3 Å². The molecule has 3 heterocycles. The van der Waals surface area contributed by atoms with Crippen molar-refractivity contribution in [1.29, 1.82) is 0 Å². The van der Waals surface area contributed by atoms with Crippen molar-refractivity contribution in [3.05, 3.63) is 35.4 Å². The second-order valence-electron chi connectivity index (χ2n) is 9.87. The third-order valence-electron chi connectivity index (χ3n) is 6.25. The van der Waals surface area contributed by atoms with Crippen molar-refractivity contribution in [1.82, 2.24) is 0 Å². The van der Waals surface area contributed by atoms with Crippen molar-refractivity contribution in [2.45, 2.75) is 90.4 Å². The second-order valence-corrected chi connectivity index (χ2v) is 9.87. The highest BCUT2D eigenvalue weighted by molar-refractivity contribution is 5.84. The third-order valence-corrected chi connectivity index (χ3v) is 6.25. The SMILES string of the molecule is CCC(C)(C)C(=O)O[C@@H]1C(=O)O[C@@H]2[C@H]3OC(c4ccc(C(C)(C)C)cc4)O[C@H]3O[C@@H]21. The highest BCUT2D eigenvalue weighted by Gasteiger charge is 2.63. The second kappa shape index (κ2) is 7.32. The number of benzene rings is 1. The van der Waals surface area contributed by atoms with E-state index < -0.39 is 54.3 Å². The lowest BCUT2D eigenvalue weighted by Crippen LogP contribution is -2.39. The number of esters is 2. The molecular formula is C23H30O7. The molecule has 7 heteroatoms. The van der Waals surface area contributed by atoms with Gasteiger partial charge in [-0.15, -0.1) is 0 Å². The van der Waals surface area contributed by atoms with Crippen LogP contribution in [0, 0.1) is 5.41 Å². The molecule has 3 saturated heterocycles. The van der Waals surface area contributed by atoms with E-state index in [1.54, 1.807) is 13.8 Å². The molecule has 0 bridgehead atoms. The van der Waals surface area contributed by atoms with Crippen LogP contribution in [-0.4, -0.2) is 42.6 Å². The first-order valence-electron chi connectivity index (χ1n) is 10.5. The summed E-state index contributed by atoms with van der Waals surface area (Å²) < 4.78 is 28.8. The molecule has 7 nitrogen and oxygen atoms in total. The van der Waals surface area contributed by atoms with Gasteiger partial charge in [-0.1, -0.05) is 52.0 Å². The minimum absolute atomic E-state index is 0.0552. The smallest absolute Gasteiger partial charge is 0.350 e. The number of fused-ring (bicyclic) bond motifs is 3. The fourth-order valence-electron chi connectivity index (χ4n) is 3.74. The average molecular weight is 418 g/mol. The van der Waals surface area contributed by atoms with Gasteiger partial charge < -0.3 is 23.7 Å². The van der Waals surface area contributed by atoms with Gasteiger partial charge in [-0.3, -0.25) is 4.79 Å². The van der Waals surface area contributed by atoms with Gasteiger partial charge in [0.2, 0.25) is 6.10 Å². The van der Waals surface area contributed by atoms with E-state index in [-0.39, 0.29) is 5.41 Å². The molecule has 0 amide bonds. The van der Waals surface area contributed by atoms with Crippen LogP contribution in [0.3, 0.4) is 0 Å². The Morgan fingerprint density at radius 2 is 1.63 bits per heavy atom. The first-order chi connectivity index (χ1) is 14.0. The summed E-state index contributed by atoms with van der Waals surface area (Å²) in [5, 5.41) is 0. The Bertz CT molecular complexity index is 823. The van der Waals surface area contributed by atoms with Crippen molar-refractivity contribution in [3.63, 3.8) is 0 Å². The fraction of sp³-hybridized carbons (Fsp3) is 0.652. The largest absolute Gasteiger partial charge is 0.454 e. The number of ether oxygens (including phenoxy) is 5. The van der Waals surface area contributed by atoms with Crippen LogP contribution in [0.4, 0.5) is 0 Å². The minimum atomic E-state index is -1.10. The Labute approximate surface area is 177 Å². The zero-order chi connectivity index (χ0) is 21.8. The Balaban J connectivity index is 1.43. The molecule has 1 unspecified atom stereocenters. The van der Waals surface area contributed by atoms with Crippen LogP contribution in [0.25, 0.3) is 0 Å². The molecule has 3 aliphatic heterocycles. The Morgan fingerprint density at radius 3 is 2.23 bits per heavy atom. The Hall–Kier alpha value is -1.96. The van der Waals surface area contributed by atoms with Gasteiger partial charge in [0.1, 0.15) is 6.10 Å². The summed E-state index contributed by atoms with van der Waals surface area (Å²) in [4.78, 5) is 24.8. The maximum absolute atomic E-state index is 12.4. The molecular weight excluding hydrogens is 388 g/mol. The summed E-state index contributed by atoms with van der Waals surface area (Å²) in [6.07, 6.45) is -3.74. The summed E-state index contributed by atoms with van der Waals surface area (Å²) in [5.41, 5.74) is 1.45. The normalized spacial score (nSPS) is 33.2. The monoisotopic (exact) mass is 418 g/mol. The van der Waals surface area contributed by atoms with Crippen molar-refractivity contribution < 1.29 is 33.3 Å². The topological polar surface area (TPSA) is 80.3 Å². The lowest BCUT2D eigenvalue weighted by Gasteiger charge is -2.24. The summed E-state index contributed by atoms with van der Waals surface area (Å²) >= 11 is 0.